The van der Waals surface area contributed by atoms with E-state index in [1.165, 1.54) is 0 Å². The maximum absolute atomic E-state index is 10.8. The van der Waals surface area contributed by atoms with Crippen molar-refractivity contribution < 1.29 is 14.7 Å². The van der Waals surface area contributed by atoms with Crippen LogP contribution < -0.4 is 5.73 Å². The maximum Gasteiger partial charge on any atom is 0.320 e. The van der Waals surface area contributed by atoms with Gasteiger partial charge in [-0.3, -0.25) is 9.59 Å². The number of likely N-dealkylation sites (tertiary alicyclic amines) is 1. The van der Waals surface area contributed by atoms with Crippen molar-refractivity contribution >= 4 is 11.9 Å². The average molecular weight is 172 g/mol. The Balaban J connectivity index is 2.17. The van der Waals surface area contributed by atoms with E-state index in [0.717, 1.165) is 6.54 Å². The van der Waals surface area contributed by atoms with Gasteiger partial charge < -0.3 is 15.7 Å². The third kappa shape index (κ3) is 1.94. The fraction of sp³-hybridized carbons (Fsp3) is 0.714. The average Bonchev–Trinajstić information content (AvgIpc) is 2.01. The minimum atomic E-state index is -1.01. The first-order valence-corrected chi connectivity index (χ1v) is 3.87. The minimum Gasteiger partial charge on any atom is -0.480 e. The van der Waals surface area contributed by atoms with Crippen LogP contribution in [0.4, 0.5) is 0 Å². The third-order valence-corrected chi connectivity index (χ3v) is 1.98. The Morgan fingerprint density at radius 2 is 2.42 bits per heavy atom. The number of amides is 1. The Morgan fingerprint density at radius 3 is 2.75 bits per heavy atom. The quantitative estimate of drug-likeness (QED) is 0.534. The number of carboxylic acid groups (broad SMARTS) is 1. The van der Waals surface area contributed by atoms with E-state index in [-0.39, 0.29) is 5.91 Å². The first-order valence-electron chi connectivity index (χ1n) is 3.87. The molecular formula is C7H12N2O3. The molecule has 1 amide bonds. The van der Waals surface area contributed by atoms with Crippen LogP contribution >= 0.6 is 0 Å². The molecular weight excluding hydrogens is 160 g/mol. The number of hydrogen-bond acceptors (Lipinski definition) is 3. The molecule has 5 nitrogen and oxygen atoms in total. The van der Waals surface area contributed by atoms with E-state index in [1.54, 1.807) is 4.90 Å². The lowest BCUT2D eigenvalue weighted by Crippen LogP contribution is -2.46. The number of carbonyl (C=O) groups excluding carboxylic acids is 1. The molecule has 1 aliphatic heterocycles. The second-order valence-corrected chi connectivity index (χ2v) is 2.86. The molecule has 0 aromatic carbocycles. The number of nitrogens with two attached hydrogens (primary N) is 1. The second kappa shape index (κ2) is 3.53. The monoisotopic (exact) mass is 172 g/mol. The Labute approximate surface area is 70.1 Å². The molecule has 1 atom stereocenters. The summed E-state index contributed by atoms with van der Waals surface area (Å²) in [6.45, 7) is 1.21. The fourth-order valence-corrected chi connectivity index (χ4v) is 1.02. The van der Waals surface area contributed by atoms with Crippen molar-refractivity contribution in [2.45, 2.75) is 18.9 Å². The first kappa shape index (κ1) is 8.99. The zero-order chi connectivity index (χ0) is 9.14. The molecule has 1 aliphatic rings. The van der Waals surface area contributed by atoms with Gasteiger partial charge in [0.05, 0.1) is 0 Å². The predicted octanol–water partition coefficient (Wildman–Crippen LogP) is -0.979. The summed E-state index contributed by atoms with van der Waals surface area (Å²) in [5, 5.41) is 8.42. The molecule has 1 saturated heterocycles. The van der Waals surface area contributed by atoms with Crippen molar-refractivity contribution in [3.8, 4) is 0 Å². The molecule has 0 saturated carbocycles. The van der Waals surface area contributed by atoms with Gasteiger partial charge in [0.15, 0.2) is 0 Å². The molecule has 12 heavy (non-hydrogen) atoms. The molecule has 1 fully saturated rings. The molecule has 68 valence electrons. The number of hydrogen-bond donors (Lipinski definition) is 2. The summed E-state index contributed by atoms with van der Waals surface area (Å²) in [7, 11) is 0. The summed E-state index contributed by atoms with van der Waals surface area (Å²) in [4.78, 5) is 22.6. The summed E-state index contributed by atoms with van der Waals surface area (Å²) in [5.41, 5.74) is 5.25. The van der Waals surface area contributed by atoms with Crippen molar-refractivity contribution in [3.63, 3.8) is 0 Å². The molecule has 0 aliphatic carbocycles. The summed E-state index contributed by atoms with van der Waals surface area (Å²) < 4.78 is 0. The smallest absolute Gasteiger partial charge is 0.320 e. The number of carboxylic acids is 1. The van der Waals surface area contributed by atoms with Gasteiger partial charge in [0.1, 0.15) is 6.04 Å². The van der Waals surface area contributed by atoms with Crippen molar-refractivity contribution in [2.75, 3.05) is 13.1 Å². The van der Waals surface area contributed by atoms with Gasteiger partial charge in [-0.2, -0.15) is 0 Å². The van der Waals surface area contributed by atoms with Crippen LogP contribution in [-0.4, -0.2) is 41.0 Å². The molecule has 0 spiro atoms. The van der Waals surface area contributed by atoms with E-state index >= 15 is 0 Å². The van der Waals surface area contributed by atoms with E-state index < -0.39 is 12.0 Å². The summed E-state index contributed by atoms with van der Waals surface area (Å²) in [6, 6.07) is -0.849. The van der Waals surface area contributed by atoms with Crippen molar-refractivity contribution in [2.24, 2.45) is 5.73 Å². The highest BCUT2D eigenvalue weighted by molar-refractivity contribution is 5.81. The summed E-state index contributed by atoms with van der Waals surface area (Å²) in [6.07, 6.45) is 0.920. The normalized spacial score (nSPS) is 18.8. The number of aliphatic carboxylic acids is 1. The van der Waals surface area contributed by atoms with Crippen molar-refractivity contribution in [3.05, 3.63) is 0 Å². The largest absolute Gasteiger partial charge is 0.480 e. The lowest BCUT2D eigenvalue weighted by Gasteiger charge is -2.30. The highest BCUT2D eigenvalue weighted by atomic mass is 16.4. The molecule has 0 aromatic heterocycles. The fourth-order valence-electron chi connectivity index (χ4n) is 1.02. The Bertz CT molecular complexity index is 195. The number of carbonyl (C=O) groups is 2. The topological polar surface area (TPSA) is 83.6 Å². The van der Waals surface area contributed by atoms with Gasteiger partial charge in [-0.1, -0.05) is 0 Å². The van der Waals surface area contributed by atoms with Crippen LogP contribution in [0.2, 0.25) is 0 Å². The molecule has 3 N–H and O–H groups in total. The van der Waals surface area contributed by atoms with E-state index in [0.29, 0.717) is 19.4 Å². The predicted molar refractivity (Wildman–Crippen MR) is 41.4 cm³/mol. The number of rotatable bonds is 4. The van der Waals surface area contributed by atoms with Gasteiger partial charge in [-0.25, -0.2) is 0 Å². The SMILES string of the molecule is NC(CCN1CCC1=O)C(=O)O. The van der Waals surface area contributed by atoms with Gasteiger partial charge in [-0.15, -0.1) is 0 Å². The van der Waals surface area contributed by atoms with Crippen LogP contribution in [-0.2, 0) is 9.59 Å². The maximum atomic E-state index is 10.8. The van der Waals surface area contributed by atoms with Crippen LogP contribution in [0.3, 0.4) is 0 Å². The second-order valence-electron chi connectivity index (χ2n) is 2.86. The van der Waals surface area contributed by atoms with Gasteiger partial charge in [-0.05, 0) is 6.42 Å². The lowest BCUT2D eigenvalue weighted by atomic mass is 10.1. The molecule has 1 rings (SSSR count). The molecule has 5 heteroatoms. The summed E-state index contributed by atoms with van der Waals surface area (Å²) >= 11 is 0. The number of nitrogens with zero attached hydrogens (tertiary/aromatic N) is 1. The van der Waals surface area contributed by atoms with Gasteiger partial charge in [0.2, 0.25) is 5.91 Å². The molecule has 0 aromatic rings. The molecule has 1 heterocycles. The first-order chi connectivity index (χ1) is 5.61. The highest BCUT2D eigenvalue weighted by Crippen LogP contribution is 2.08. The van der Waals surface area contributed by atoms with Gasteiger partial charge in [0, 0.05) is 19.5 Å². The highest BCUT2D eigenvalue weighted by Gasteiger charge is 2.24. The molecule has 0 bridgehead atoms. The van der Waals surface area contributed by atoms with Crippen LogP contribution in [0.5, 0.6) is 0 Å². The molecule has 0 radical (unpaired) electrons. The zero-order valence-electron chi connectivity index (χ0n) is 6.69. The summed E-state index contributed by atoms with van der Waals surface area (Å²) in [5.74, 6) is -0.921. The van der Waals surface area contributed by atoms with E-state index in [4.69, 9.17) is 10.8 Å². The minimum absolute atomic E-state index is 0.0904. The van der Waals surface area contributed by atoms with Gasteiger partial charge in [0.25, 0.3) is 0 Å². The zero-order valence-corrected chi connectivity index (χ0v) is 6.69. The van der Waals surface area contributed by atoms with Crippen LogP contribution in [0.15, 0.2) is 0 Å². The lowest BCUT2D eigenvalue weighted by molar-refractivity contribution is -0.142. The van der Waals surface area contributed by atoms with Crippen LogP contribution in [0, 0.1) is 0 Å². The van der Waals surface area contributed by atoms with E-state index in [2.05, 4.69) is 0 Å². The Kier molecular flexibility index (Phi) is 2.65. The van der Waals surface area contributed by atoms with Crippen LogP contribution in [0.25, 0.3) is 0 Å². The van der Waals surface area contributed by atoms with Crippen molar-refractivity contribution in [1.82, 2.24) is 4.90 Å². The van der Waals surface area contributed by atoms with E-state index in [1.807, 2.05) is 0 Å². The number of β-lactam (4-membered cyclic amide) rings is 1. The standard InChI is InChI=1S/C7H12N2O3/c8-5(7(11)12)1-3-9-4-2-6(9)10/h5H,1-4,8H2,(H,11,12). The third-order valence-electron chi connectivity index (χ3n) is 1.98. The Hall–Kier alpha value is -1.10. The van der Waals surface area contributed by atoms with E-state index in [9.17, 15) is 9.59 Å². The van der Waals surface area contributed by atoms with Crippen molar-refractivity contribution in [1.29, 1.82) is 0 Å². The molecule has 1 unspecified atom stereocenters. The Morgan fingerprint density at radius 1 is 1.75 bits per heavy atom. The van der Waals surface area contributed by atoms with Gasteiger partial charge >= 0.3 is 5.97 Å². The van der Waals surface area contributed by atoms with Crippen LogP contribution in [0.1, 0.15) is 12.8 Å².